The maximum atomic E-state index is 12.8. The first-order chi connectivity index (χ1) is 10.1. The summed E-state index contributed by atoms with van der Waals surface area (Å²) >= 11 is 0. The molecule has 22 heavy (non-hydrogen) atoms. The summed E-state index contributed by atoms with van der Waals surface area (Å²) in [4.78, 5) is 14.6. The van der Waals surface area contributed by atoms with Crippen molar-refractivity contribution in [1.82, 2.24) is 10.2 Å². The molecule has 1 fully saturated rings. The van der Waals surface area contributed by atoms with Crippen LogP contribution in [0.3, 0.4) is 0 Å². The van der Waals surface area contributed by atoms with E-state index in [-0.39, 0.29) is 22.9 Å². The molecule has 1 saturated heterocycles. The van der Waals surface area contributed by atoms with Crippen LogP contribution in [0.1, 0.15) is 35.3 Å². The van der Waals surface area contributed by atoms with Crippen molar-refractivity contribution in [2.45, 2.75) is 44.7 Å². The molecule has 1 aliphatic rings. The lowest BCUT2D eigenvalue weighted by molar-refractivity contribution is 0.0602. The summed E-state index contributed by atoms with van der Waals surface area (Å²) in [7, 11) is -3.85. The molecule has 0 radical (unpaired) electrons. The highest BCUT2D eigenvalue weighted by molar-refractivity contribution is 7.89. The second kappa shape index (κ2) is 5.98. The quantitative estimate of drug-likeness (QED) is 0.840. The first-order valence-corrected chi connectivity index (χ1v) is 8.86. The zero-order valence-corrected chi connectivity index (χ0v) is 14.2. The Bertz CT molecular complexity index is 700. The fraction of sp³-hybridized carbons (Fsp3) is 0.533. The van der Waals surface area contributed by atoms with Crippen LogP contribution in [-0.2, 0) is 10.0 Å². The molecule has 0 spiro atoms. The van der Waals surface area contributed by atoms with Crippen molar-refractivity contribution >= 4 is 15.9 Å². The molecule has 0 aliphatic carbocycles. The monoisotopic (exact) mass is 325 g/mol. The van der Waals surface area contributed by atoms with Gasteiger partial charge in [0, 0.05) is 30.7 Å². The number of nitrogens with one attached hydrogen (secondary N) is 1. The second-order valence-electron chi connectivity index (χ2n) is 5.94. The molecule has 122 valence electrons. The standard InChI is InChI=1S/C15H23N3O3S/c1-9-7-13(8-14(10(9)2)22(16,20)21)15(19)18-6-5-17-11(3)12(18)4/h7-8,11-12,17H,5-6H2,1-4H3,(H2,16,20,21). The Kier molecular flexibility index (Phi) is 4.60. The van der Waals surface area contributed by atoms with Crippen LogP contribution in [-0.4, -0.2) is 44.4 Å². The summed E-state index contributed by atoms with van der Waals surface area (Å²) < 4.78 is 23.4. The van der Waals surface area contributed by atoms with E-state index < -0.39 is 10.0 Å². The van der Waals surface area contributed by atoms with E-state index in [2.05, 4.69) is 5.32 Å². The Labute approximate surface area is 131 Å². The van der Waals surface area contributed by atoms with E-state index in [1.165, 1.54) is 6.07 Å². The van der Waals surface area contributed by atoms with Gasteiger partial charge in [-0.2, -0.15) is 0 Å². The first kappa shape index (κ1) is 16.9. The predicted molar refractivity (Wildman–Crippen MR) is 85.3 cm³/mol. The molecule has 2 unspecified atom stereocenters. The van der Waals surface area contributed by atoms with Crippen molar-refractivity contribution in [2.75, 3.05) is 13.1 Å². The molecule has 7 heteroatoms. The van der Waals surface area contributed by atoms with E-state index in [1.807, 2.05) is 13.8 Å². The van der Waals surface area contributed by atoms with Crippen LogP contribution in [0.15, 0.2) is 17.0 Å². The van der Waals surface area contributed by atoms with E-state index >= 15 is 0 Å². The molecule has 6 nitrogen and oxygen atoms in total. The van der Waals surface area contributed by atoms with Crippen molar-refractivity contribution in [1.29, 1.82) is 0 Å². The van der Waals surface area contributed by atoms with E-state index in [9.17, 15) is 13.2 Å². The van der Waals surface area contributed by atoms with Gasteiger partial charge in [0.2, 0.25) is 10.0 Å². The van der Waals surface area contributed by atoms with E-state index in [4.69, 9.17) is 5.14 Å². The molecule has 1 heterocycles. The van der Waals surface area contributed by atoms with Gasteiger partial charge in [-0.05, 0) is 51.0 Å². The predicted octanol–water partition coefficient (Wildman–Crippen LogP) is 0.773. The number of benzene rings is 1. The van der Waals surface area contributed by atoms with E-state index in [1.54, 1.807) is 24.8 Å². The fourth-order valence-electron chi connectivity index (χ4n) is 2.76. The lowest BCUT2D eigenvalue weighted by Gasteiger charge is -2.38. The van der Waals surface area contributed by atoms with Gasteiger partial charge < -0.3 is 10.2 Å². The van der Waals surface area contributed by atoms with E-state index in [0.29, 0.717) is 17.7 Å². The number of rotatable bonds is 2. The fourth-order valence-corrected chi connectivity index (χ4v) is 3.63. The number of carbonyl (C=O) groups is 1. The number of hydrogen-bond donors (Lipinski definition) is 2. The van der Waals surface area contributed by atoms with Crippen LogP contribution >= 0.6 is 0 Å². The Hall–Kier alpha value is -1.44. The molecular formula is C15H23N3O3S. The Morgan fingerprint density at radius 1 is 1.32 bits per heavy atom. The van der Waals surface area contributed by atoms with Crippen LogP contribution in [0.5, 0.6) is 0 Å². The molecule has 0 aromatic heterocycles. The Balaban J connectivity index is 2.45. The topological polar surface area (TPSA) is 92.5 Å². The summed E-state index contributed by atoms with van der Waals surface area (Å²) in [5, 5.41) is 8.58. The molecule has 3 N–H and O–H groups in total. The van der Waals surface area contributed by atoms with Crippen molar-refractivity contribution < 1.29 is 13.2 Å². The zero-order valence-electron chi connectivity index (χ0n) is 13.4. The number of carbonyl (C=O) groups excluding carboxylic acids is 1. The summed E-state index contributed by atoms with van der Waals surface area (Å²) in [5.41, 5.74) is 1.69. The highest BCUT2D eigenvalue weighted by Gasteiger charge is 2.29. The molecule has 0 saturated carbocycles. The van der Waals surface area contributed by atoms with Crippen LogP contribution in [0.4, 0.5) is 0 Å². The minimum absolute atomic E-state index is 0.0201. The van der Waals surface area contributed by atoms with Gasteiger partial charge in [0.05, 0.1) is 4.90 Å². The van der Waals surface area contributed by atoms with Gasteiger partial charge in [0.1, 0.15) is 0 Å². The van der Waals surface area contributed by atoms with Gasteiger partial charge in [-0.1, -0.05) is 0 Å². The normalized spacial score (nSPS) is 22.7. The van der Waals surface area contributed by atoms with Crippen LogP contribution in [0.25, 0.3) is 0 Å². The largest absolute Gasteiger partial charge is 0.333 e. The van der Waals surface area contributed by atoms with Crippen LogP contribution in [0, 0.1) is 13.8 Å². The molecule has 1 aliphatic heterocycles. The number of sulfonamides is 1. The molecule has 2 rings (SSSR count). The smallest absolute Gasteiger partial charge is 0.254 e. The van der Waals surface area contributed by atoms with Gasteiger partial charge >= 0.3 is 0 Å². The minimum Gasteiger partial charge on any atom is -0.333 e. The third kappa shape index (κ3) is 3.16. The Morgan fingerprint density at radius 2 is 1.95 bits per heavy atom. The lowest BCUT2D eigenvalue weighted by atomic mass is 10.0. The summed E-state index contributed by atoms with van der Waals surface area (Å²) in [5.74, 6) is -0.158. The zero-order chi connectivity index (χ0) is 16.7. The van der Waals surface area contributed by atoms with Gasteiger partial charge in [-0.15, -0.1) is 0 Å². The second-order valence-corrected chi connectivity index (χ2v) is 7.47. The molecule has 1 aromatic rings. The van der Waals surface area contributed by atoms with Gasteiger partial charge in [-0.3, -0.25) is 4.79 Å². The number of nitrogens with two attached hydrogens (primary N) is 1. The SMILES string of the molecule is Cc1cc(C(=O)N2CCNC(C)C2C)cc(S(N)(=O)=O)c1C. The highest BCUT2D eigenvalue weighted by atomic mass is 32.2. The average Bonchev–Trinajstić information content (AvgIpc) is 2.42. The summed E-state index contributed by atoms with van der Waals surface area (Å²) in [6.07, 6.45) is 0. The van der Waals surface area contributed by atoms with Crippen molar-refractivity contribution in [3.8, 4) is 0 Å². The number of piperazine rings is 1. The maximum absolute atomic E-state index is 12.8. The van der Waals surface area contributed by atoms with Gasteiger partial charge in [-0.25, -0.2) is 13.6 Å². The van der Waals surface area contributed by atoms with Crippen molar-refractivity contribution in [3.63, 3.8) is 0 Å². The molecule has 0 bridgehead atoms. The number of amides is 1. The molecular weight excluding hydrogens is 302 g/mol. The van der Waals surface area contributed by atoms with E-state index in [0.717, 1.165) is 12.1 Å². The van der Waals surface area contributed by atoms with Crippen molar-refractivity contribution in [3.05, 3.63) is 28.8 Å². The third-order valence-electron chi connectivity index (χ3n) is 4.47. The average molecular weight is 325 g/mol. The number of aryl methyl sites for hydroxylation is 1. The number of hydrogen-bond acceptors (Lipinski definition) is 4. The molecule has 1 aromatic carbocycles. The van der Waals surface area contributed by atoms with Crippen molar-refractivity contribution in [2.24, 2.45) is 5.14 Å². The Morgan fingerprint density at radius 3 is 2.55 bits per heavy atom. The third-order valence-corrected chi connectivity index (χ3v) is 5.51. The molecule has 1 amide bonds. The maximum Gasteiger partial charge on any atom is 0.254 e. The summed E-state index contributed by atoms with van der Waals surface area (Å²) in [6, 6.07) is 3.35. The highest BCUT2D eigenvalue weighted by Crippen LogP contribution is 2.22. The summed E-state index contributed by atoms with van der Waals surface area (Å²) in [6.45, 7) is 8.81. The number of nitrogens with zero attached hydrogens (tertiary/aromatic N) is 1. The van der Waals surface area contributed by atoms with Crippen LogP contribution < -0.4 is 10.5 Å². The van der Waals surface area contributed by atoms with Gasteiger partial charge in [0.25, 0.3) is 5.91 Å². The molecule has 2 atom stereocenters. The minimum atomic E-state index is -3.85. The first-order valence-electron chi connectivity index (χ1n) is 7.31. The number of primary sulfonamides is 1. The van der Waals surface area contributed by atoms with Crippen LogP contribution in [0.2, 0.25) is 0 Å². The van der Waals surface area contributed by atoms with Gasteiger partial charge in [0.15, 0.2) is 0 Å². The lowest BCUT2D eigenvalue weighted by Crippen LogP contribution is -2.57.